The Balaban J connectivity index is 0.810. The molecule has 1 saturated carbocycles. The lowest BCUT2D eigenvalue weighted by Gasteiger charge is -2.63. The van der Waals surface area contributed by atoms with E-state index in [1.54, 1.807) is 43.3 Å². The number of aliphatic hydroxyl groups is 1. The summed E-state index contributed by atoms with van der Waals surface area (Å²) in [6.07, 6.45) is 8.22. The van der Waals surface area contributed by atoms with Crippen molar-refractivity contribution in [1.29, 1.82) is 5.26 Å². The first kappa shape index (κ1) is 53.7. The molecule has 3 N–H and O–H groups in total. The van der Waals surface area contributed by atoms with E-state index in [4.69, 9.17) is 27.3 Å². The molecular formula is C59H68ClN7O7. The number of terminal acetylenes is 1. The first-order valence-corrected chi connectivity index (χ1v) is 26.2. The monoisotopic (exact) mass is 1020 g/mol. The average Bonchev–Trinajstić information content (AvgIpc) is 4.01. The Morgan fingerprint density at radius 2 is 1.59 bits per heavy atom. The molecule has 0 bridgehead atoms. The van der Waals surface area contributed by atoms with Crippen LogP contribution in [0, 0.1) is 65.1 Å². The third-order valence-corrected chi connectivity index (χ3v) is 16.1. The predicted molar refractivity (Wildman–Crippen MR) is 281 cm³/mol. The van der Waals surface area contributed by atoms with Gasteiger partial charge in [0.25, 0.3) is 5.91 Å². The fraction of sp³-hybridized carbons (Fsp3) is 0.492. The number of ether oxygens (including phenoxy) is 1. The van der Waals surface area contributed by atoms with Gasteiger partial charge in [0.1, 0.15) is 35.6 Å². The Morgan fingerprint density at radius 3 is 2.19 bits per heavy atom. The van der Waals surface area contributed by atoms with Crippen LogP contribution in [0.1, 0.15) is 136 Å². The van der Waals surface area contributed by atoms with Gasteiger partial charge in [-0.15, -0.1) is 6.42 Å². The molecule has 4 heterocycles. The molecule has 1 aromatic heterocycles. The summed E-state index contributed by atoms with van der Waals surface area (Å²) < 4.78 is 11.9. The minimum atomic E-state index is -0.942. The minimum absolute atomic E-state index is 0.00470. The highest BCUT2D eigenvalue weighted by molar-refractivity contribution is 6.31. The van der Waals surface area contributed by atoms with Crippen LogP contribution in [0.4, 0.5) is 0 Å². The van der Waals surface area contributed by atoms with E-state index in [-0.39, 0.29) is 71.9 Å². The van der Waals surface area contributed by atoms with Crippen LogP contribution in [0.3, 0.4) is 0 Å². The highest BCUT2D eigenvalue weighted by Crippen LogP contribution is 2.55. The van der Waals surface area contributed by atoms with Crippen molar-refractivity contribution in [2.24, 2.45) is 22.7 Å². The maximum atomic E-state index is 14.2. The maximum Gasteiger partial charge on any atom is 0.251 e. The number of halogens is 1. The molecule has 15 heteroatoms. The van der Waals surface area contributed by atoms with Crippen LogP contribution in [-0.2, 0) is 14.4 Å². The molecule has 4 atom stereocenters. The van der Waals surface area contributed by atoms with Crippen molar-refractivity contribution < 1.29 is 33.5 Å². The van der Waals surface area contributed by atoms with Gasteiger partial charge in [-0.05, 0) is 106 Å². The Kier molecular flexibility index (Phi) is 16.3. The number of hydrogen-bond donors (Lipinski definition) is 3. The average molecular weight is 1020 g/mol. The second kappa shape index (κ2) is 22.5. The molecule has 1 aliphatic carbocycles. The molecular weight excluding hydrogens is 954 g/mol. The summed E-state index contributed by atoms with van der Waals surface area (Å²) in [4.78, 5) is 61.7. The van der Waals surface area contributed by atoms with Gasteiger partial charge in [0.05, 0.1) is 34.8 Å². The van der Waals surface area contributed by atoms with Gasteiger partial charge in [-0.25, -0.2) is 0 Å². The van der Waals surface area contributed by atoms with Crippen molar-refractivity contribution in [3.8, 4) is 36.0 Å². The van der Waals surface area contributed by atoms with E-state index in [0.717, 1.165) is 44.3 Å². The molecule has 3 saturated heterocycles. The molecule has 14 nitrogen and oxygen atoms in total. The molecule has 74 heavy (non-hydrogen) atoms. The van der Waals surface area contributed by atoms with Crippen LogP contribution >= 0.6 is 11.6 Å². The molecule has 4 aromatic rings. The lowest BCUT2D eigenvalue weighted by atomic mass is 9.49. The number of carbonyl (C=O) groups is 4. The van der Waals surface area contributed by atoms with E-state index in [1.807, 2.05) is 55.1 Å². The summed E-state index contributed by atoms with van der Waals surface area (Å²) in [5, 5.41) is 30.7. The van der Waals surface area contributed by atoms with Gasteiger partial charge in [-0.1, -0.05) is 88.2 Å². The largest absolute Gasteiger partial charge is 0.489 e. The number of likely N-dealkylation sites (tertiary alicyclic amines) is 3. The fourth-order valence-electron chi connectivity index (χ4n) is 12.0. The minimum Gasteiger partial charge on any atom is -0.489 e. The number of benzene rings is 3. The van der Waals surface area contributed by atoms with Crippen molar-refractivity contribution in [2.75, 3.05) is 32.7 Å². The zero-order valence-electron chi connectivity index (χ0n) is 43.5. The number of carbonyl (C=O) groups excluding carboxylic acids is 4. The number of rotatable bonds is 13. The van der Waals surface area contributed by atoms with E-state index < -0.39 is 30.0 Å². The Morgan fingerprint density at radius 1 is 0.932 bits per heavy atom. The molecule has 3 aliphatic heterocycles. The van der Waals surface area contributed by atoms with E-state index in [0.29, 0.717) is 63.6 Å². The number of amides is 4. The Bertz CT molecular complexity index is 2840. The van der Waals surface area contributed by atoms with Gasteiger partial charge < -0.3 is 39.7 Å². The third-order valence-electron chi connectivity index (χ3n) is 15.8. The van der Waals surface area contributed by atoms with Gasteiger partial charge >= 0.3 is 0 Å². The first-order valence-electron chi connectivity index (χ1n) is 25.9. The maximum absolute atomic E-state index is 14.2. The van der Waals surface area contributed by atoms with Gasteiger partial charge in [0, 0.05) is 83.7 Å². The second-order valence-electron chi connectivity index (χ2n) is 22.1. The van der Waals surface area contributed by atoms with E-state index in [9.17, 15) is 29.5 Å². The number of aliphatic hydroxyl groups excluding tert-OH is 1. The predicted octanol–water partition coefficient (Wildman–Crippen LogP) is 7.81. The highest BCUT2D eigenvalue weighted by atomic mass is 35.5. The second-order valence-corrected chi connectivity index (χ2v) is 22.5. The number of β-amino-alcohol motifs (C(OH)–C–C–N with tert-alkyl or cyclic N) is 1. The number of aromatic nitrogens is 1. The number of hydrogen-bond acceptors (Lipinski definition) is 10. The molecule has 0 unspecified atom stereocenters. The van der Waals surface area contributed by atoms with Crippen molar-refractivity contribution in [2.45, 2.75) is 129 Å². The van der Waals surface area contributed by atoms with Crippen LogP contribution in [0.15, 0.2) is 77.3 Å². The third kappa shape index (κ3) is 11.7. The molecule has 388 valence electrons. The van der Waals surface area contributed by atoms with Crippen molar-refractivity contribution in [3.63, 3.8) is 0 Å². The lowest BCUT2D eigenvalue weighted by Crippen LogP contribution is -2.74. The van der Waals surface area contributed by atoms with E-state index in [1.165, 1.54) is 4.90 Å². The van der Waals surface area contributed by atoms with Crippen LogP contribution in [0.5, 0.6) is 5.75 Å². The summed E-state index contributed by atoms with van der Waals surface area (Å²) in [6.45, 7) is 17.0. The van der Waals surface area contributed by atoms with Gasteiger partial charge in [-0.2, -0.15) is 5.26 Å². The van der Waals surface area contributed by atoms with Crippen molar-refractivity contribution in [1.82, 2.24) is 30.5 Å². The normalized spacial score (nSPS) is 22.5. The topological polar surface area (TPSA) is 181 Å². The number of nitrogens with one attached hydrogen (secondary N) is 2. The summed E-state index contributed by atoms with van der Waals surface area (Å²) in [5.74, 6) is 8.88. The molecule has 0 radical (unpaired) electrons. The summed E-state index contributed by atoms with van der Waals surface area (Å²) in [6, 6.07) is 22.1. The number of piperidine rings is 2. The van der Waals surface area contributed by atoms with Crippen molar-refractivity contribution in [3.05, 3.63) is 117 Å². The summed E-state index contributed by atoms with van der Waals surface area (Å²) in [5.41, 5.74) is 3.08. The summed E-state index contributed by atoms with van der Waals surface area (Å²) in [7, 11) is 0. The zero-order valence-corrected chi connectivity index (χ0v) is 44.2. The van der Waals surface area contributed by atoms with Crippen LogP contribution in [-0.4, -0.2) is 112 Å². The molecule has 8 rings (SSSR count). The molecule has 4 aliphatic rings. The van der Waals surface area contributed by atoms with Gasteiger partial charge in [0.15, 0.2) is 0 Å². The highest BCUT2D eigenvalue weighted by Gasteiger charge is 2.64. The quantitative estimate of drug-likeness (QED) is 0.112. The standard InChI is InChI=1S/C59H68ClN7O7/c1-9-38-12-16-41(17-13-38)48(62-54(71)49-31-45(68)35-67(49)55(72)52(36(2)3)50-30-37(4)64-74-50)33-51(69)66-28-24-44(25-29-66)65-26-22-40(23-27-65)11-10-39-14-18-42(19-15-39)53(70)63-56-58(5,6)57(59(56,7)8)73-46-21-20-43(34-61)47(60)32-46/h1,12-21,30,32,36,40,44-45,48-49,52,56-57,68H,22-29,31,33,35H2,2-8H3,(H,62,71)(H,63,70)/t45-,48+,49+,52-,56?,57?/m1/s1. The van der Waals surface area contributed by atoms with Crippen molar-refractivity contribution >= 4 is 35.2 Å². The number of aryl methyl sites for hydroxylation is 1. The van der Waals surface area contributed by atoms with Crippen LogP contribution < -0.4 is 15.4 Å². The van der Waals surface area contributed by atoms with E-state index in [2.05, 4.69) is 72.2 Å². The van der Waals surface area contributed by atoms with Gasteiger partial charge in [0.2, 0.25) is 17.7 Å². The Hall–Kier alpha value is -6.63. The lowest BCUT2D eigenvalue weighted by molar-refractivity contribution is -0.164. The SMILES string of the molecule is C#Cc1ccc([C@H](CC(=O)N2CCC(N3CCC(C#Cc4ccc(C(=O)NC5C(C)(C)C(Oc6ccc(C#N)c(Cl)c6)C5(C)C)cc4)CC3)CC2)NC(=O)[C@@H]2C[C@@H](O)CN2C(=O)[C@@H](c2cc(C)no2)C(C)C)cc1. The first-order chi connectivity index (χ1) is 35.3. The zero-order chi connectivity index (χ0) is 53.1. The molecule has 4 amide bonds. The van der Waals surface area contributed by atoms with E-state index >= 15 is 0 Å². The summed E-state index contributed by atoms with van der Waals surface area (Å²) >= 11 is 6.27. The fourth-order valence-corrected chi connectivity index (χ4v) is 12.2. The molecule has 4 fully saturated rings. The molecule has 0 spiro atoms. The smallest absolute Gasteiger partial charge is 0.251 e. The van der Waals surface area contributed by atoms with Gasteiger partial charge in [-0.3, -0.25) is 19.2 Å². The number of nitriles is 1. The molecule has 3 aromatic carbocycles. The van der Waals surface area contributed by atoms with Crippen LogP contribution in [0.25, 0.3) is 0 Å². The van der Waals surface area contributed by atoms with Crippen LogP contribution in [0.2, 0.25) is 5.02 Å². The number of nitrogens with zero attached hydrogens (tertiary/aromatic N) is 5. The Labute approximate surface area is 440 Å².